The minimum absolute atomic E-state index is 0.00384. The largest absolute Gasteiger partial charge is 0.394 e. The molecule has 0 unspecified atom stereocenters. The van der Waals surface area contributed by atoms with Crippen LogP contribution in [0.3, 0.4) is 0 Å². The quantitative estimate of drug-likeness (QED) is 0.474. The molecule has 2 heterocycles. The van der Waals surface area contributed by atoms with Crippen molar-refractivity contribution in [2.24, 2.45) is 0 Å². The molecule has 4 N–H and O–H groups in total. The maximum absolute atomic E-state index is 13.8. The van der Waals surface area contributed by atoms with Crippen molar-refractivity contribution in [2.45, 2.75) is 24.0 Å². The number of halogens is 1. The summed E-state index contributed by atoms with van der Waals surface area (Å²) in [5, 5.41) is 29.9. The minimum Gasteiger partial charge on any atom is -0.394 e. The van der Waals surface area contributed by atoms with Crippen LogP contribution in [0.5, 0.6) is 0 Å². The van der Waals surface area contributed by atoms with Crippen molar-refractivity contribution in [3.8, 4) is 0 Å². The highest BCUT2D eigenvalue weighted by Gasteiger charge is 2.60. The highest BCUT2D eigenvalue weighted by Crippen LogP contribution is 2.37. The molecule has 26 heavy (non-hydrogen) atoms. The van der Waals surface area contributed by atoms with Gasteiger partial charge in [-0.2, -0.15) is 4.39 Å². The first-order chi connectivity index (χ1) is 12.3. The first kappa shape index (κ1) is 18.1. The highest BCUT2D eigenvalue weighted by atomic mass is 19.1. The van der Waals surface area contributed by atoms with Gasteiger partial charge in [0.2, 0.25) is 17.3 Å². The lowest BCUT2D eigenvalue weighted by molar-refractivity contribution is -0.118. The number of hydrogen-bond acceptors (Lipinski definition) is 7. The van der Waals surface area contributed by atoms with Gasteiger partial charge in [-0.25, -0.2) is 4.79 Å². The second-order valence-electron chi connectivity index (χ2n) is 5.77. The number of aromatic nitrogens is 2. The molecule has 0 spiro atoms. The lowest BCUT2D eigenvalue weighted by Crippen LogP contribution is -2.57. The first-order valence-corrected chi connectivity index (χ1v) is 7.59. The van der Waals surface area contributed by atoms with Crippen LogP contribution >= 0.6 is 0 Å². The van der Waals surface area contributed by atoms with E-state index in [9.17, 15) is 34.1 Å². The maximum Gasteiger partial charge on any atom is 0.331 e. The summed E-state index contributed by atoms with van der Waals surface area (Å²) in [7, 11) is 0. The van der Waals surface area contributed by atoms with Crippen LogP contribution in [0.1, 0.15) is 10.4 Å². The third-order valence-corrected chi connectivity index (χ3v) is 4.23. The normalized spacial score (nSPS) is 28.2. The van der Waals surface area contributed by atoms with Gasteiger partial charge < -0.3 is 20.1 Å². The van der Waals surface area contributed by atoms with E-state index in [4.69, 9.17) is 4.74 Å². The molecule has 0 bridgehead atoms. The van der Waals surface area contributed by atoms with Crippen molar-refractivity contribution >= 4 is 5.78 Å². The van der Waals surface area contributed by atoms with Crippen molar-refractivity contribution in [1.29, 1.82) is 0 Å². The number of carbonyl (C=O) groups is 1. The fraction of sp³-hybridized carbons (Fsp3) is 0.312. The third kappa shape index (κ3) is 2.59. The van der Waals surface area contributed by atoms with Gasteiger partial charge in [0.25, 0.3) is 5.56 Å². The number of aliphatic hydroxyl groups is 3. The number of carbonyl (C=O) groups excluding carboxylic acids is 1. The molecule has 0 radical (unpaired) electrons. The number of H-pyrrole nitrogens is 1. The number of nitrogens with zero attached hydrogens (tertiary/aromatic N) is 1. The molecular formula is C16H15FN2O7. The van der Waals surface area contributed by atoms with E-state index in [1.165, 1.54) is 24.3 Å². The van der Waals surface area contributed by atoms with Gasteiger partial charge in [-0.1, -0.05) is 30.3 Å². The van der Waals surface area contributed by atoms with Crippen LogP contribution in [0, 0.1) is 5.82 Å². The fourth-order valence-electron chi connectivity index (χ4n) is 2.94. The summed E-state index contributed by atoms with van der Waals surface area (Å²) in [6, 6.07) is 7.38. The molecule has 10 heteroatoms. The second kappa shape index (κ2) is 6.57. The fourth-order valence-corrected chi connectivity index (χ4v) is 2.94. The predicted molar refractivity (Wildman–Crippen MR) is 84.0 cm³/mol. The Morgan fingerprint density at radius 2 is 1.92 bits per heavy atom. The summed E-state index contributed by atoms with van der Waals surface area (Å²) in [6.07, 6.45) is -4.76. The van der Waals surface area contributed by atoms with Crippen LogP contribution in [-0.2, 0) is 10.5 Å². The van der Waals surface area contributed by atoms with Crippen LogP contribution in [0.25, 0.3) is 0 Å². The molecule has 2 aromatic rings. The highest BCUT2D eigenvalue weighted by molar-refractivity contribution is 6.01. The van der Waals surface area contributed by atoms with Crippen molar-refractivity contribution in [2.75, 3.05) is 6.61 Å². The van der Waals surface area contributed by atoms with Crippen molar-refractivity contribution in [3.63, 3.8) is 0 Å². The third-order valence-electron chi connectivity index (χ3n) is 4.23. The molecule has 138 valence electrons. The van der Waals surface area contributed by atoms with Crippen LogP contribution in [0.4, 0.5) is 4.39 Å². The molecule has 0 saturated carbocycles. The first-order valence-electron chi connectivity index (χ1n) is 7.59. The molecule has 0 amide bonds. The van der Waals surface area contributed by atoms with Crippen molar-refractivity contribution in [1.82, 2.24) is 9.55 Å². The Hall–Kier alpha value is -2.66. The predicted octanol–water partition coefficient (Wildman–Crippen LogP) is -1.68. The summed E-state index contributed by atoms with van der Waals surface area (Å²) in [6.45, 7) is -0.775. The van der Waals surface area contributed by atoms with Gasteiger partial charge in [-0.15, -0.1) is 0 Å². The summed E-state index contributed by atoms with van der Waals surface area (Å²) < 4.78 is 19.5. The molecule has 3 rings (SSSR count). The van der Waals surface area contributed by atoms with Crippen LogP contribution < -0.4 is 11.2 Å². The topological polar surface area (TPSA) is 142 Å². The summed E-state index contributed by atoms with van der Waals surface area (Å²) in [5.74, 6) is -2.36. The number of rotatable bonds is 4. The zero-order valence-corrected chi connectivity index (χ0v) is 13.2. The molecule has 9 nitrogen and oxygen atoms in total. The van der Waals surface area contributed by atoms with Gasteiger partial charge in [0.05, 0.1) is 12.8 Å². The average molecular weight is 366 g/mol. The monoisotopic (exact) mass is 366 g/mol. The van der Waals surface area contributed by atoms with E-state index in [-0.39, 0.29) is 5.56 Å². The van der Waals surface area contributed by atoms with Crippen LogP contribution in [0.2, 0.25) is 0 Å². The molecule has 1 aromatic heterocycles. The molecular weight excluding hydrogens is 351 g/mol. The van der Waals surface area contributed by atoms with E-state index in [1.54, 1.807) is 11.1 Å². The van der Waals surface area contributed by atoms with E-state index in [0.717, 1.165) is 0 Å². The Morgan fingerprint density at radius 3 is 2.50 bits per heavy atom. The van der Waals surface area contributed by atoms with E-state index in [0.29, 0.717) is 10.8 Å². The number of ether oxygens (including phenoxy) is 1. The summed E-state index contributed by atoms with van der Waals surface area (Å²) >= 11 is 0. The molecule has 1 aliphatic heterocycles. The molecule has 1 aromatic carbocycles. The average Bonchev–Trinajstić information content (AvgIpc) is 2.90. The molecule has 0 aliphatic carbocycles. The van der Waals surface area contributed by atoms with Crippen molar-refractivity contribution < 1.29 is 29.2 Å². The van der Waals surface area contributed by atoms with Gasteiger partial charge >= 0.3 is 5.69 Å². The maximum atomic E-state index is 13.8. The summed E-state index contributed by atoms with van der Waals surface area (Å²) in [5.41, 5.74) is -5.13. The standard InChI is InChI=1S/C16H15FN2O7/c17-9-6-19(15(25)18-14(9)24)16(12(22)8-4-2-1-3-5-8)13(23)11(21)10(7-20)26-16/h1-6,10-11,13,20-21,23H,7H2,(H,18,24,25)/t10-,11-,13-,16-/m1/s1. The molecule has 1 fully saturated rings. The van der Waals surface area contributed by atoms with Crippen LogP contribution in [0.15, 0.2) is 46.1 Å². The Bertz CT molecular complexity index is 942. The Kier molecular flexibility index (Phi) is 4.59. The number of Topliss-reactive ketones (excluding diaryl/α,β-unsaturated/α-hetero) is 1. The molecule has 1 aliphatic rings. The molecule has 1 saturated heterocycles. The molecule has 4 atom stereocenters. The Morgan fingerprint density at radius 1 is 1.27 bits per heavy atom. The van der Waals surface area contributed by atoms with Crippen LogP contribution in [-0.4, -0.2) is 55.6 Å². The van der Waals surface area contributed by atoms with Gasteiger partial charge in [0, 0.05) is 5.56 Å². The van der Waals surface area contributed by atoms with Crippen molar-refractivity contribution in [3.05, 3.63) is 68.7 Å². The van der Waals surface area contributed by atoms with E-state index < -0.39 is 53.5 Å². The smallest absolute Gasteiger partial charge is 0.331 e. The number of hydrogen-bond donors (Lipinski definition) is 4. The zero-order valence-electron chi connectivity index (χ0n) is 13.2. The lowest BCUT2D eigenvalue weighted by atomic mass is 9.93. The number of aliphatic hydroxyl groups excluding tert-OH is 3. The van der Waals surface area contributed by atoms with Gasteiger partial charge in [0.15, 0.2) is 0 Å². The number of benzene rings is 1. The van der Waals surface area contributed by atoms with E-state index >= 15 is 0 Å². The zero-order chi connectivity index (χ0) is 19.1. The SMILES string of the molecule is O=C(c1ccccc1)[C@@]1(n2cc(F)c(=O)[nH]c2=O)O[C@H](CO)[C@@H](O)[C@H]1O. The van der Waals surface area contributed by atoms with E-state index in [2.05, 4.69) is 0 Å². The summed E-state index contributed by atoms with van der Waals surface area (Å²) in [4.78, 5) is 38.3. The number of nitrogens with one attached hydrogen (secondary N) is 1. The minimum atomic E-state index is -2.57. The van der Waals surface area contributed by atoms with Gasteiger partial charge in [-0.05, 0) is 0 Å². The second-order valence-corrected chi connectivity index (χ2v) is 5.77. The van der Waals surface area contributed by atoms with Gasteiger partial charge in [-0.3, -0.25) is 19.1 Å². The Labute approximate surface area is 144 Å². The number of aromatic amines is 1. The van der Waals surface area contributed by atoms with E-state index in [1.807, 2.05) is 0 Å². The Balaban J connectivity index is 2.28. The van der Waals surface area contributed by atoms with Gasteiger partial charge in [0.1, 0.15) is 18.3 Å². The number of ketones is 1. The lowest BCUT2D eigenvalue weighted by Gasteiger charge is -2.32.